The van der Waals surface area contributed by atoms with E-state index in [2.05, 4.69) is 5.32 Å². The van der Waals surface area contributed by atoms with Gasteiger partial charge in [-0.1, -0.05) is 0 Å². The number of benzene rings is 1. The molecule has 4 N–H and O–H groups in total. The number of phenolic OH excluding ortho intramolecular Hbond substituents is 1. The molecule has 1 aliphatic carbocycles. The molecule has 0 aromatic heterocycles. The van der Waals surface area contributed by atoms with Gasteiger partial charge in [-0.3, -0.25) is 4.79 Å². The highest BCUT2D eigenvalue weighted by atomic mass is 16.3. The number of rotatable bonds is 2. The highest BCUT2D eigenvalue weighted by Crippen LogP contribution is 2.33. The fraction of sp³-hybridized carbons (Fsp3) is 0.364. The molecule has 0 saturated heterocycles. The summed E-state index contributed by atoms with van der Waals surface area (Å²) < 4.78 is 0. The Morgan fingerprint density at radius 1 is 1.53 bits per heavy atom. The number of phenols is 1. The summed E-state index contributed by atoms with van der Waals surface area (Å²) in [5.74, 6) is 0.0515. The van der Waals surface area contributed by atoms with Crippen LogP contribution in [0.2, 0.25) is 0 Å². The SMILES string of the molecule is Cc1cc(O)ccc1NC(=O)C1(N)CC1. The zero-order valence-electron chi connectivity index (χ0n) is 8.58. The molecule has 1 aliphatic rings. The van der Waals surface area contributed by atoms with Gasteiger partial charge in [-0.2, -0.15) is 0 Å². The van der Waals surface area contributed by atoms with E-state index in [1.165, 1.54) is 0 Å². The van der Waals surface area contributed by atoms with Gasteiger partial charge in [0.1, 0.15) is 5.75 Å². The zero-order valence-corrected chi connectivity index (χ0v) is 8.58. The van der Waals surface area contributed by atoms with E-state index in [4.69, 9.17) is 5.73 Å². The van der Waals surface area contributed by atoms with Crippen LogP contribution >= 0.6 is 0 Å². The van der Waals surface area contributed by atoms with Gasteiger partial charge in [0.15, 0.2) is 0 Å². The van der Waals surface area contributed by atoms with E-state index in [1.807, 2.05) is 6.92 Å². The van der Waals surface area contributed by atoms with Crippen LogP contribution in [0.15, 0.2) is 18.2 Å². The normalized spacial score (nSPS) is 17.2. The molecule has 0 radical (unpaired) electrons. The summed E-state index contributed by atoms with van der Waals surface area (Å²) in [5.41, 5.74) is 6.62. The monoisotopic (exact) mass is 206 g/mol. The lowest BCUT2D eigenvalue weighted by Gasteiger charge is -2.12. The van der Waals surface area contributed by atoms with Crippen molar-refractivity contribution >= 4 is 11.6 Å². The van der Waals surface area contributed by atoms with Crippen LogP contribution in [-0.2, 0) is 4.79 Å². The quantitative estimate of drug-likeness (QED) is 0.635. The van der Waals surface area contributed by atoms with Gasteiger partial charge in [-0.25, -0.2) is 0 Å². The molecule has 0 aliphatic heterocycles. The van der Waals surface area contributed by atoms with Crippen LogP contribution in [0, 0.1) is 6.92 Å². The van der Waals surface area contributed by atoms with Crippen molar-refractivity contribution < 1.29 is 9.90 Å². The molecule has 1 fully saturated rings. The van der Waals surface area contributed by atoms with Crippen molar-refractivity contribution in [2.75, 3.05) is 5.32 Å². The smallest absolute Gasteiger partial charge is 0.244 e. The minimum absolute atomic E-state index is 0.142. The third kappa shape index (κ3) is 1.94. The van der Waals surface area contributed by atoms with E-state index in [0.717, 1.165) is 18.4 Å². The second kappa shape index (κ2) is 3.24. The van der Waals surface area contributed by atoms with Crippen LogP contribution in [0.4, 0.5) is 5.69 Å². The third-order valence-corrected chi connectivity index (χ3v) is 2.70. The molecule has 4 heteroatoms. The maximum atomic E-state index is 11.6. The molecular weight excluding hydrogens is 192 g/mol. The second-order valence-electron chi connectivity index (χ2n) is 4.11. The summed E-state index contributed by atoms with van der Waals surface area (Å²) in [6.07, 6.45) is 1.49. The van der Waals surface area contributed by atoms with Crippen molar-refractivity contribution in [2.24, 2.45) is 5.73 Å². The lowest BCUT2D eigenvalue weighted by atomic mass is 10.1. The highest BCUT2D eigenvalue weighted by molar-refractivity contribution is 6.00. The van der Waals surface area contributed by atoms with Crippen molar-refractivity contribution in [1.29, 1.82) is 0 Å². The zero-order chi connectivity index (χ0) is 11.1. The van der Waals surface area contributed by atoms with Gasteiger partial charge in [0.05, 0.1) is 5.54 Å². The second-order valence-corrected chi connectivity index (χ2v) is 4.11. The minimum Gasteiger partial charge on any atom is -0.508 e. The maximum Gasteiger partial charge on any atom is 0.244 e. The predicted octanol–water partition coefficient (Wildman–Crippen LogP) is 1.13. The van der Waals surface area contributed by atoms with Gasteiger partial charge in [-0.15, -0.1) is 0 Å². The van der Waals surface area contributed by atoms with Crippen LogP contribution in [-0.4, -0.2) is 16.6 Å². The first-order chi connectivity index (χ1) is 7.01. The van der Waals surface area contributed by atoms with Crippen molar-refractivity contribution in [3.63, 3.8) is 0 Å². The Bertz CT molecular complexity index is 411. The van der Waals surface area contributed by atoms with Gasteiger partial charge >= 0.3 is 0 Å². The summed E-state index contributed by atoms with van der Waals surface area (Å²) in [4.78, 5) is 11.6. The number of aromatic hydroxyl groups is 1. The number of nitrogens with two attached hydrogens (primary N) is 1. The van der Waals surface area contributed by atoms with Crippen molar-refractivity contribution in [3.8, 4) is 5.75 Å². The van der Waals surface area contributed by atoms with E-state index in [1.54, 1.807) is 18.2 Å². The molecule has 0 unspecified atom stereocenters. The number of amides is 1. The third-order valence-electron chi connectivity index (χ3n) is 2.70. The summed E-state index contributed by atoms with van der Waals surface area (Å²) in [5, 5.41) is 12.0. The Morgan fingerprint density at radius 2 is 2.20 bits per heavy atom. The lowest BCUT2D eigenvalue weighted by molar-refractivity contribution is -0.118. The number of carbonyl (C=O) groups excluding carboxylic acids is 1. The fourth-order valence-corrected chi connectivity index (χ4v) is 1.40. The first-order valence-corrected chi connectivity index (χ1v) is 4.91. The van der Waals surface area contributed by atoms with Crippen LogP contribution in [0.1, 0.15) is 18.4 Å². The maximum absolute atomic E-state index is 11.6. The summed E-state index contributed by atoms with van der Waals surface area (Å²) in [7, 11) is 0. The highest BCUT2D eigenvalue weighted by Gasteiger charge is 2.45. The number of anilines is 1. The predicted molar refractivity (Wildman–Crippen MR) is 57.6 cm³/mol. The van der Waals surface area contributed by atoms with Crippen LogP contribution in [0.5, 0.6) is 5.75 Å². The van der Waals surface area contributed by atoms with Gasteiger partial charge in [-0.05, 0) is 43.5 Å². The van der Waals surface area contributed by atoms with Gasteiger partial charge in [0.2, 0.25) is 5.91 Å². The summed E-state index contributed by atoms with van der Waals surface area (Å²) in [6.45, 7) is 1.82. The first-order valence-electron chi connectivity index (χ1n) is 4.91. The van der Waals surface area contributed by atoms with E-state index in [-0.39, 0.29) is 11.7 Å². The Labute approximate surface area is 88.1 Å². The number of carbonyl (C=O) groups is 1. The Morgan fingerprint density at radius 3 is 2.73 bits per heavy atom. The number of nitrogens with one attached hydrogen (secondary N) is 1. The van der Waals surface area contributed by atoms with Crippen LogP contribution < -0.4 is 11.1 Å². The number of hydrogen-bond donors (Lipinski definition) is 3. The Balaban J connectivity index is 2.14. The molecule has 0 spiro atoms. The van der Waals surface area contributed by atoms with Crippen molar-refractivity contribution in [2.45, 2.75) is 25.3 Å². The molecule has 80 valence electrons. The van der Waals surface area contributed by atoms with E-state index < -0.39 is 5.54 Å². The van der Waals surface area contributed by atoms with Gasteiger partial charge < -0.3 is 16.2 Å². The Kier molecular flexibility index (Phi) is 2.16. The lowest BCUT2D eigenvalue weighted by Crippen LogP contribution is -2.37. The molecule has 4 nitrogen and oxygen atoms in total. The number of aryl methyl sites for hydroxylation is 1. The number of hydrogen-bond acceptors (Lipinski definition) is 3. The summed E-state index contributed by atoms with van der Waals surface area (Å²) in [6, 6.07) is 4.82. The topological polar surface area (TPSA) is 75.3 Å². The van der Waals surface area contributed by atoms with E-state index in [9.17, 15) is 9.90 Å². The van der Waals surface area contributed by atoms with Gasteiger partial charge in [0.25, 0.3) is 0 Å². The van der Waals surface area contributed by atoms with Crippen molar-refractivity contribution in [3.05, 3.63) is 23.8 Å². The standard InChI is InChI=1S/C11H14N2O2/c1-7-6-8(14)2-3-9(7)13-10(15)11(12)4-5-11/h2-3,6,14H,4-5,12H2,1H3,(H,13,15). The Hall–Kier alpha value is -1.55. The largest absolute Gasteiger partial charge is 0.508 e. The molecule has 1 saturated carbocycles. The van der Waals surface area contributed by atoms with E-state index >= 15 is 0 Å². The van der Waals surface area contributed by atoms with Crippen molar-refractivity contribution in [1.82, 2.24) is 0 Å². The molecular formula is C11H14N2O2. The van der Waals surface area contributed by atoms with Crippen LogP contribution in [0.25, 0.3) is 0 Å². The molecule has 1 aromatic rings. The molecule has 1 aromatic carbocycles. The van der Waals surface area contributed by atoms with Gasteiger partial charge in [0, 0.05) is 5.69 Å². The molecule has 1 amide bonds. The minimum atomic E-state index is -0.662. The molecule has 0 bridgehead atoms. The van der Waals surface area contributed by atoms with E-state index in [0.29, 0.717) is 5.69 Å². The fourth-order valence-electron chi connectivity index (χ4n) is 1.40. The average Bonchev–Trinajstić information content (AvgIpc) is 2.90. The molecule has 0 atom stereocenters. The summed E-state index contributed by atoms with van der Waals surface area (Å²) >= 11 is 0. The first kappa shape index (κ1) is 9.98. The molecule has 0 heterocycles. The molecule has 15 heavy (non-hydrogen) atoms. The van der Waals surface area contributed by atoms with Crippen LogP contribution in [0.3, 0.4) is 0 Å². The average molecular weight is 206 g/mol. The molecule has 2 rings (SSSR count).